The van der Waals surface area contributed by atoms with Crippen LogP contribution in [0.25, 0.3) is 0 Å². The number of nitrogen functional groups attached to an aromatic ring is 1. The monoisotopic (exact) mass is 271 g/mol. The molecule has 0 saturated heterocycles. The number of carbonyl (C=O) groups excluding carboxylic acids is 1. The molecule has 5 nitrogen and oxygen atoms in total. The number of rotatable bonds is 7. The fourth-order valence-electron chi connectivity index (χ4n) is 1.74. The zero-order chi connectivity index (χ0) is 13.5. The van der Waals surface area contributed by atoms with Crippen molar-refractivity contribution in [3.63, 3.8) is 0 Å². The van der Waals surface area contributed by atoms with Gasteiger partial charge in [-0.2, -0.15) is 0 Å². The van der Waals surface area contributed by atoms with Crippen LogP contribution in [0.2, 0.25) is 0 Å². The van der Waals surface area contributed by atoms with Crippen molar-refractivity contribution < 1.29 is 9.53 Å². The molecule has 2 N–H and O–H groups in total. The Kier molecular flexibility index (Phi) is 5.91. The van der Waals surface area contributed by atoms with Crippen molar-refractivity contribution in [2.75, 3.05) is 30.3 Å². The van der Waals surface area contributed by atoms with Crippen LogP contribution in [0.1, 0.15) is 43.3 Å². The van der Waals surface area contributed by atoms with Gasteiger partial charge in [-0.3, -0.25) is 0 Å². The van der Waals surface area contributed by atoms with Crippen molar-refractivity contribution >= 4 is 28.3 Å². The van der Waals surface area contributed by atoms with Gasteiger partial charge >= 0.3 is 5.97 Å². The van der Waals surface area contributed by atoms with E-state index in [1.54, 1.807) is 6.92 Å². The van der Waals surface area contributed by atoms with Crippen LogP contribution in [0.15, 0.2) is 0 Å². The Bertz CT molecular complexity index is 387. The molecule has 0 aliphatic carbocycles. The third kappa shape index (κ3) is 3.60. The Morgan fingerprint density at radius 1 is 1.33 bits per heavy atom. The largest absolute Gasteiger partial charge is 0.462 e. The van der Waals surface area contributed by atoms with Gasteiger partial charge in [-0.25, -0.2) is 9.78 Å². The van der Waals surface area contributed by atoms with Gasteiger partial charge in [-0.15, -0.1) is 0 Å². The van der Waals surface area contributed by atoms with E-state index in [2.05, 4.69) is 23.7 Å². The van der Waals surface area contributed by atoms with Crippen molar-refractivity contribution in [1.29, 1.82) is 0 Å². The molecule has 1 heterocycles. The van der Waals surface area contributed by atoms with E-state index in [0.717, 1.165) is 25.9 Å². The number of nitrogens with zero attached hydrogens (tertiary/aromatic N) is 2. The van der Waals surface area contributed by atoms with Crippen molar-refractivity contribution in [3.8, 4) is 0 Å². The standard InChI is InChI=1S/C12H21N3O2S/c1-4-7-15(8-5-2)10-9(11(16)17-6-3)18-12(13)14-10/h4-8H2,1-3H3,(H2,13,14). The second-order valence-electron chi connectivity index (χ2n) is 3.91. The van der Waals surface area contributed by atoms with Crippen LogP contribution in [0.4, 0.5) is 10.9 Å². The second-order valence-corrected chi connectivity index (χ2v) is 4.94. The van der Waals surface area contributed by atoms with Crippen LogP contribution >= 0.6 is 11.3 Å². The molecule has 0 unspecified atom stereocenters. The van der Waals surface area contributed by atoms with Gasteiger partial charge in [0.1, 0.15) is 0 Å². The molecule has 0 spiro atoms. The first-order chi connectivity index (χ1) is 8.63. The maximum atomic E-state index is 11.9. The predicted octanol–water partition coefficient (Wildman–Crippen LogP) is 2.53. The van der Waals surface area contributed by atoms with E-state index >= 15 is 0 Å². The second kappa shape index (κ2) is 7.20. The highest BCUT2D eigenvalue weighted by molar-refractivity contribution is 7.17. The molecular weight excluding hydrogens is 250 g/mol. The first-order valence-corrected chi connectivity index (χ1v) is 7.13. The number of esters is 1. The molecule has 0 saturated carbocycles. The van der Waals surface area contributed by atoms with Crippen LogP contribution in [0.3, 0.4) is 0 Å². The van der Waals surface area contributed by atoms with E-state index in [0.29, 0.717) is 22.4 Å². The van der Waals surface area contributed by atoms with E-state index in [9.17, 15) is 4.79 Å². The lowest BCUT2D eigenvalue weighted by atomic mass is 10.3. The van der Waals surface area contributed by atoms with Crippen molar-refractivity contribution in [2.24, 2.45) is 0 Å². The molecule has 1 rings (SSSR count). The van der Waals surface area contributed by atoms with Gasteiger partial charge < -0.3 is 15.4 Å². The van der Waals surface area contributed by atoms with E-state index in [1.165, 1.54) is 11.3 Å². The van der Waals surface area contributed by atoms with Gasteiger partial charge in [0.05, 0.1) is 6.61 Å². The smallest absolute Gasteiger partial charge is 0.352 e. The normalized spacial score (nSPS) is 10.4. The number of aromatic nitrogens is 1. The average molecular weight is 271 g/mol. The van der Waals surface area contributed by atoms with Crippen LogP contribution in [0, 0.1) is 0 Å². The Hall–Kier alpha value is -1.30. The third-order valence-electron chi connectivity index (χ3n) is 2.37. The summed E-state index contributed by atoms with van der Waals surface area (Å²) in [5, 5.41) is 0.408. The summed E-state index contributed by atoms with van der Waals surface area (Å²) < 4.78 is 5.04. The topological polar surface area (TPSA) is 68.5 Å². The number of hydrogen-bond acceptors (Lipinski definition) is 6. The van der Waals surface area contributed by atoms with Crippen LogP contribution in [-0.4, -0.2) is 30.6 Å². The summed E-state index contributed by atoms with van der Waals surface area (Å²) in [4.78, 5) is 18.7. The number of anilines is 2. The summed E-state index contributed by atoms with van der Waals surface area (Å²) in [5.74, 6) is 0.332. The summed E-state index contributed by atoms with van der Waals surface area (Å²) in [6, 6.07) is 0. The molecule has 0 aromatic carbocycles. The zero-order valence-electron chi connectivity index (χ0n) is 11.2. The predicted molar refractivity (Wildman–Crippen MR) is 75.3 cm³/mol. The molecule has 0 aliphatic rings. The lowest BCUT2D eigenvalue weighted by Crippen LogP contribution is -2.27. The highest BCUT2D eigenvalue weighted by Gasteiger charge is 2.22. The summed E-state index contributed by atoms with van der Waals surface area (Å²) in [7, 11) is 0. The summed E-state index contributed by atoms with van der Waals surface area (Å²) >= 11 is 1.19. The number of ether oxygens (including phenoxy) is 1. The minimum Gasteiger partial charge on any atom is -0.462 e. The highest BCUT2D eigenvalue weighted by Crippen LogP contribution is 2.29. The van der Waals surface area contributed by atoms with Crippen LogP contribution < -0.4 is 10.6 Å². The minimum absolute atomic E-state index is 0.334. The van der Waals surface area contributed by atoms with E-state index in [4.69, 9.17) is 10.5 Å². The molecule has 6 heteroatoms. The fourth-order valence-corrected chi connectivity index (χ4v) is 2.49. The van der Waals surface area contributed by atoms with Gasteiger partial charge in [0.2, 0.25) is 0 Å². The molecule has 0 aliphatic heterocycles. The fraction of sp³-hybridized carbons (Fsp3) is 0.667. The van der Waals surface area contributed by atoms with Gasteiger partial charge in [0, 0.05) is 13.1 Å². The Balaban J connectivity index is 3.00. The highest BCUT2D eigenvalue weighted by atomic mass is 32.1. The first-order valence-electron chi connectivity index (χ1n) is 6.32. The molecule has 0 fully saturated rings. The van der Waals surface area contributed by atoms with Crippen molar-refractivity contribution in [3.05, 3.63) is 4.88 Å². The quantitative estimate of drug-likeness (QED) is 0.772. The Labute approximate surface area is 112 Å². The van der Waals surface area contributed by atoms with Gasteiger partial charge in [-0.05, 0) is 19.8 Å². The lowest BCUT2D eigenvalue weighted by molar-refractivity contribution is 0.0532. The minimum atomic E-state index is -0.334. The van der Waals surface area contributed by atoms with Crippen molar-refractivity contribution in [2.45, 2.75) is 33.6 Å². The average Bonchev–Trinajstić information content (AvgIpc) is 2.71. The molecule has 0 radical (unpaired) electrons. The summed E-state index contributed by atoms with van der Waals surface area (Å²) in [6.45, 7) is 8.08. The maximum Gasteiger partial charge on any atom is 0.352 e. The van der Waals surface area contributed by atoms with E-state index in [1.807, 2.05) is 0 Å². The third-order valence-corrected chi connectivity index (χ3v) is 3.23. The Morgan fingerprint density at radius 2 is 1.94 bits per heavy atom. The van der Waals surface area contributed by atoms with Crippen molar-refractivity contribution in [1.82, 2.24) is 4.98 Å². The number of carbonyl (C=O) groups is 1. The summed E-state index contributed by atoms with van der Waals surface area (Å²) in [5.41, 5.74) is 5.72. The maximum absolute atomic E-state index is 11.9. The first kappa shape index (κ1) is 14.8. The molecule has 1 aromatic rings. The zero-order valence-corrected chi connectivity index (χ0v) is 12.0. The molecule has 1 aromatic heterocycles. The number of hydrogen-bond donors (Lipinski definition) is 1. The molecule has 18 heavy (non-hydrogen) atoms. The van der Waals surface area contributed by atoms with Crippen LogP contribution in [-0.2, 0) is 4.74 Å². The van der Waals surface area contributed by atoms with Gasteiger partial charge in [0.25, 0.3) is 0 Å². The molecule has 102 valence electrons. The van der Waals surface area contributed by atoms with Crippen LogP contribution in [0.5, 0.6) is 0 Å². The molecule has 0 atom stereocenters. The SMILES string of the molecule is CCCN(CCC)c1nc(N)sc1C(=O)OCC. The molecular formula is C12H21N3O2S. The molecule has 0 bridgehead atoms. The van der Waals surface area contributed by atoms with E-state index in [-0.39, 0.29) is 5.97 Å². The van der Waals surface area contributed by atoms with Gasteiger partial charge in [0.15, 0.2) is 15.8 Å². The molecule has 0 amide bonds. The number of nitrogens with two attached hydrogens (primary N) is 1. The summed E-state index contributed by atoms with van der Waals surface area (Å²) in [6.07, 6.45) is 2.00. The Morgan fingerprint density at radius 3 is 2.44 bits per heavy atom. The van der Waals surface area contributed by atoms with Gasteiger partial charge in [-0.1, -0.05) is 25.2 Å². The van der Waals surface area contributed by atoms with E-state index < -0.39 is 0 Å². The number of thiazole rings is 1. The lowest BCUT2D eigenvalue weighted by Gasteiger charge is -2.21.